The lowest BCUT2D eigenvalue weighted by Crippen LogP contribution is -2.10. The number of benzene rings is 1. The molecule has 0 aliphatic rings. The van der Waals surface area contributed by atoms with E-state index in [1.54, 1.807) is 0 Å². The topological polar surface area (TPSA) is 38.3 Å². The minimum atomic E-state index is -1.18. The van der Waals surface area contributed by atoms with Crippen molar-refractivity contribution in [2.24, 2.45) is 5.92 Å². The van der Waals surface area contributed by atoms with Crippen LogP contribution < -0.4 is 5.32 Å². The molecule has 0 spiro atoms. The Balaban J connectivity index is 2.84. The third-order valence-corrected chi connectivity index (χ3v) is 2.52. The average molecular weight is 257 g/mol. The van der Waals surface area contributed by atoms with Crippen LogP contribution in [0.15, 0.2) is 12.1 Å². The van der Waals surface area contributed by atoms with Gasteiger partial charge in [-0.2, -0.15) is 0 Å². The van der Waals surface area contributed by atoms with Crippen LogP contribution in [0.4, 0.5) is 14.5 Å². The third-order valence-electron chi connectivity index (χ3n) is 2.52. The maximum atomic E-state index is 13.6. The first-order valence-electron chi connectivity index (χ1n) is 5.77. The summed E-state index contributed by atoms with van der Waals surface area (Å²) in [7, 11) is 1.12. The lowest BCUT2D eigenvalue weighted by atomic mass is 10.1. The SMILES string of the molecule is COC(=O)c1ccc(NCCC(C)C)c(F)c1F. The van der Waals surface area contributed by atoms with Gasteiger partial charge in [-0.25, -0.2) is 13.6 Å². The third kappa shape index (κ3) is 3.42. The number of hydrogen-bond acceptors (Lipinski definition) is 3. The molecule has 18 heavy (non-hydrogen) atoms. The number of carbonyl (C=O) groups excluding carboxylic acids is 1. The monoisotopic (exact) mass is 257 g/mol. The zero-order valence-electron chi connectivity index (χ0n) is 10.7. The van der Waals surface area contributed by atoms with Gasteiger partial charge in [-0.3, -0.25) is 0 Å². The van der Waals surface area contributed by atoms with Crippen molar-refractivity contribution in [3.63, 3.8) is 0 Å². The van der Waals surface area contributed by atoms with Gasteiger partial charge in [-0.1, -0.05) is 13.8 Å². The highest BCUT2D eigenvalue weighted by Crippen LogP contribution is 2.21. The maximum Gasteiger partial charge on any atom is 0.340 e. The largest absolute Gasteiger partial charge is 0.465 e. The van der Waals surface area contributed by atoms with Crippen LogP contribution in [-0.2, 0) is 4.74 Å². The molecule has 3 nitrogen and oxygen atoms in total. The summed E-state index contributed by atoms with van der Waals surface area (Å²) >= 11 is 0. The predicted molar refractivity (Wildman–Crippen MR) is 65.6 cm³/mol. The molecule has 0 aromatic heterocycles. The Morgan fingerprint density at radius 1 is 1.33 bits per heavy atom. The van der Waals surface area contributed by atoms with Crippen molar-refractivity contribution in [1.82, 2.24) is 0 Å². The van der Waals surface area contributed by atoms with Crippen LogP contribution in [0.3, 0.4) is 0 Å². The van der Waals surface area contributed by atoms with Crippen LogP contribution in [0.5, 0.6) is 0 Å². The van der Waals surface area contributed by atoms with Crippen LogP contribution in [0, 0.1) is 17.6 Å². The summed E-state index contributed by atoms with van der Waals surface area (Å²) in [6, 6.07) is 2.55. The van der Waals surface area contributed by atoms with Crippen LogP contribution in [0.25, 0.3) is 0 Å². The van der Waals surface area contributed by atoms with Crippen LogP contribution >= 0.6 is 0 Å². The van der Waals surface area contributed by atoms with Gasteiger partial charge in [0, 0.05) is 6.54 Å². The molecule has 5 heteroatoms. The van der Waals surface area contributed by atoms with E-state index >= 15 is 0 Å². The Hall–Kier alpha value is -1.65. The van der Waals surface area contributed by atoms with E-state index in [0.29, 0.717) is 12.5 Å². The van der Waals surface area contributed by atoms with E-state index < -0.39 is 23.2 Å². The molecule has 1 aromatic rings. The Labute approximate surface area is 105 Å². The zero-order chi connectivity index (χ0) is 13.7. The van der Waals surface area contributed by atoms with Gasteiger partial charge in [0.1, 0.15) is 0 Å². The van der Waals surface area contributed by atoms with Crippen LogP contribution in [-0.4, -0.2) is 19.6 Å². The minimum Gasteiger partial charge on any atom is -0.465 e. The number of ether oxygens (including phenoxy) is 1. The Morgan fingerprint density at radius 2 is 2.00 bits per heavy atom. The van der Waals surface area contributed by atoms with E-state index in [4.69, 9.17) is 0 Å². The van der Waals surface area contributed by atoms with Crippen molar-refractivity contribution < 1.29 is 18.3 Å². The van der Waals surface area contributed by atoms with Gasteiger partial charge in [0.2, 0.25) is 0 Å². The molecule has 1 rings (SSSR count). The van der Waals surface area contributed by atoms with Crippen LogP contribution in [0.1, 0.15) is 30.6 Å². The first-order chi connectivity index (χ1) is 8.47. The number of halogens is 2. The molecule has 0 unspecified atom stereocenters. The standard InChI is InChI=1S/C13H17F2NO2/c1-8(2)6-7-16-10-5-4-9(13(17)18-3)11(14)12(10)15/h4-5,8,16H,6-7H2,1-3H3. The van der Waals surface area contributed by atoms with Gasteiger partial charge in [-0.05, 0) is 24.5 Å². The number of nitrogens with one attached hydrogen (secondary N) is 1. The summed E-state index contributed by atoms with van der Waals surface area (Å²) in [4.78, 5) is 11.2. The average Bonchev–Trinajstić information content (AvgIpc) is 2.33. The van der Waals surface area contributed by atoms with E-state index in [9.17, 15) is 13.6 Å². The zero-order valence-corrected chi connectivity index (χ0v) is 10.7. The fourth-order valence-electron chi connectivity index (χ4n) is 1.45. The van der Waals surface area contributed by atoms with Crippen molar-refractivity contribution in [2.75, 3.05) is 19.0 Å². The quantitative estimate of drug-likeness (QED) is 0.823. The van der Waals surface area contributed by atoms with Crippen molar-refractivity contribution in [3.05, 3.63) is 29.3 Å². The summed E-state index contributed by atoms with van der Waals surface area (Å²) in [6.07, 6.45) is 0.847. The molecule has 0 fully saturated rings. The normalized spacial score (nSPS) is 10.6. The number of rotatable bonds is 5. The minimum absolute atomic E-state index is 0.0563. The van der Waals surface area contributed by atoms with Gasteiger partial charge in [0.15, 0.2) is 11.6 Å². The number of carbonyl (C=O) groups is 1. The van der Waals surface area contributed by atoms with Gasteiger partial charge >= 0.3 is 5.97 Å². The van der Waals surface area contributed by atoms with Crippen molar-refractivity contribution in [3.8, 4) is 0 Å². The number of esters is 1. The summed E-state index contributed by atoms with van der Waals surface area (Å²) in [5.74, 6) is -2.65. The number of methoxy groups -OCH3 is 1. The van der Waals surface area contributed by atoms with E-state index in [2.05, 4.69) is 10.1 Å². The van der Waals surface area contributed by atoms with Gasteiger partial charge in [-0.15, -0.1) is 0 Å². The molecule has 0 heterocycles. The molecule has 0 aliphatic carbocycles. The molecular formula is C13H17F2NO2. The first kappa shape index (κ1) is 14.4. The first-order valence-corrected chi connectivity index (χ1v) is 5.77. The van der Waals surface area contributed by atoms with Crippen molar-refractivity contribution >= 4 is 11.7 Å². The number of anilines is 1. The molecule has 1 N–H and O–H groups in total. The lowest BCUT2D eigenvalue weighted by Gasteiger charge is -2.11. The highest BCUT2D eigenvalue weighted by atomic mass is 19.2. The molecule has 0 aliphatic heterocycles. The summed E-state index contributed by atoms with van der Waals surface area (Å²) in [5.41, 5.74) is -0.342. The van der Waals surface area contributed by atoms with Crippen molar-refractivity contribution in [1.29, 1.82) is 0 Å². The van der Waals surface area contributed by atoms with E-state index in [1.165, 1.54) is 12.1 Å². The molecular weight excluding hydrogens is 240 g/mol. The van der Waals surface area contributed by atoms with E-state index in [0.717, 1.165) is 13.5 Å². The number of hydrogen-bond donors (Lipinski definition) is 1. The smallest absolute Gasteiger partial charge is 0.340 e. The van der Waals surface area contributed by atoms with Gasteiger partial charge < -0.3 is 10.1 Å². The Bertz CT molecular complexity index is 433. The Morgan fingerprint density at radius 3 is 2.56 bits per heavy atom. The Kier molecular flexibility index (Phi) is 5.07. The summed E-state index contributed by atoms with van der Waals surface area (Å²) in [6.45, 7) is 4.63. The highest BCUT2D eigenvalue weighted by Gasteiger charge is 2.18. The van der Waals surface area contributed by atoms with Crippen molar-refractivity contribution in [2.45, 2.75) is 20.3 Å². The molecule has 0 bridgehead atoms. The van der Waals surface area contributed by atoms with E-state index in [1.807, 2.05) is 13.8 Å². The van der Waals surface area contributed by atoms with E-state index in [-0.39, 0.29) is 5.69 Å². The molecule has 100 valence electrons. The van der Waals surface area contributed by atoms with Crippen LogP contribution in [0.2, 0.25) is 0 Å². The summed E-state index contributed by atoms with van der Waals surface area (Å²) in [5, 5.41) is 2.80. The predicted octanol–water partition coefficient (Wildman–Crippen LogP) is 3.21. The molecule has 0 radical (unpaired) electrons. The maximum absolute atomic E-state index is 13.6. The summed E-state index contributed by atoms with van der Waals surface area (Å²) < 4.78 is 31.6. The molecule has 0 amide bonds. The molecule has 0 saturated carbocycles. The molecule has 0 saturated heterocycles. The molecule has 1 aromatic carbocycles. The van der Waals surface area contributed by atoms with Gasteiger partial charge in [0.25, 0.3) is 0 Å². The second kappa shape index (κ2) is 6.33. The lowest BCUT2D eigenvalue weighted by molar-refractivity contribution is 0.0594. The highest BCUT2D eigenvalue weighted by molar-refractivity contribution is 5.90. The fraction of sp³-hybridized carbons (Fsp3) is 0.462. The second-order valence-electron chi connectivity index (χ2n) is 4.39. The molecule has 0 atom stereocenters. The fourth-order valence-corrected chi connectivity index (χ4v) is 1.45. The second-order valence-corrected chi connectivity index (χ2v) is 4.39. The van der Waals surface area contributed by atoms with Gasteiger partial charge in [0.05, 0.1) is 18.4 Å².